The zero-order valence-corrected chi connectivity index (χ0v) is 16.1. The smallest absolute Gasteiger partial charge is 0.435 e. The van der Waals surface area contributed by atoms with Crippen LogP contribution in [0.4, 0.5) is 13.2 Å². The van der Waals surface area contributed by atoms with Crippen LogP contribution in [-0.4, -0.2) is 40.9 Å². The van der Waals surface area contributed by atoms with Crippen molar-refractivity contribution in [2.24, 2.45) is 12.2 Å². The molecule has 1 aromatic carbocycles. The van der Waals surface area contributed by atoms with Crippen molar-refractivity contribution in [1.29, 1.82) is 0 Å². The van der Waals surface area contributed by atoms with Crippen LogP contribution < -0.4 is 0 Å². The fraction of sp³-hybridized carbons (Fsp3) is 0.250. The minimum atomic E-state index is -4.78. The molecule has 0 aliphatic carbocycles. The lowest BCUT2D eigenvalue weighted by Gasteiger charge is -2.08. The number of oxime groups is 1. The number of benzene rings is 1. The van der Waals surface area contributed by atoms with E-state index in [4.69, 9.17) is 11.6 Å². The van der Waals surface area contributed by atoms with Crippen LogP contribution >= 0.6 is 23.4 Å². The molecule has 0 spiro atoms. The molecule has 0 amide bonds. The summed E-state index contributed by atoms with van der Waals surface area (Å²) in [5.74, 6) is -2.09. The topological polar surface area (TPSA) is 82.8 Å². The predicted molar refractivity (Wildman–Crippen MR) is 94.5 cm³/mol. The van der Waals surface area contributed by atoms with E-state index in [2.05, 4.69) is 19.8 Å². The van der Waals surface area contributed by atoms with Crippen LogP contribution in [0.25, 0.3) is 0 Å². The van der Waals surface area contributed by atoms with Crippen molar-refractivity contribution in [2.45, 2.75) is 16.1 Å². The number of carbonyl (C=O) groups excluding carboxylic acids is 2. The number of aryl methyl sites for hydroxylation is 1. The van der Waals surface area contributed by atoms with Gasteiger partial charge in [-0.05, 0) is 12.1 Å². The van der Waals surface area contributed by atoms with E-state index >= 15 is 0 Å². The number of hydrogen-bond donors (Lipinski definition) is 0. The van der Waals surface area contributed by atoms with Gasteiger partial charge < -0.3 is 9.57 Å². The van der Waals surface area contributed by atoms with Gasteiger partial charge in [-0.3, -0.25) is 4.68 Å². The van der Waals surface area contributed by atoms with Gasteiger partial charge in [-0.15, -0.1) is 11.6 Å². The number of rotatable bonds is 6. The minimum absolute atomic E-state index is 0.0225. The quantitative estimate of drug-likeness (QED) is 0.227. The molecule has 0 bridgehead atoms. The van der Waals surface area contributed by atoms with E-state index in [9.17, 15) is 22.8 Å². The van der Waals surface area contributed by atoms with E-state index in [0.29, 0.717) is 4.90 Å². The number of nitrogens with zero attached hydrogens (tertiary/aromatic N) is 3. The van der Waals surface area contributed by atoms with Crippen LogP contribution in [0, 0.1) is 0 Å². The molecule has 0 saturated heterocycles. The molecule has 0 aliphatic heterocycles. The Morgan fingerprint density at radius 3 is 2.64 bits per heavy atom. The number of carbonyl (C=O) groups is 2. The summed E-state index contributed by atoms with van der Waals surface area (Å²) < 4.78 is 45.7. The number of esters is 1. The van der Waals surface area contributed by atoms with E-state index in [1.165, 1.54) is 20.2 Å². The van der Waals surface area contributed by atoms with E-state index in [1.54, 1.807) is 18.2 Å². The first kappa shape index (κ1) is 21.8. The number of methoxy groups -OCH3 is 1. The maximum atomic E-state index is 13.3. The summed E-state index contributed by atoms with van der Waals surface area (Å²) in [7, 11) is 2.50. The second kappa shape index (κ2) is 9.11. The fourth-order valence-corrected chi connectivity index (χ4v) is 3.17. The number of ether oxygens (including phenoxy) is 1. The van der Waals surface area contributed by atoms with Gasteiger partial charge in [0.25, 0.3) is 0 Å². The molecule has 0 aliphatic rings. The first-order valence-electron chi connectivity index (χ1n) is 7.47. The van der Waals surface area contributed by atoms with E-state index in [-0.39, 0.29) is 10.6 Å². The van der Waals surface area contributed by atoms with Crippen molar-refractivity contribution < 1.29 is 32.3 Å². The highest BCUT2D eigenvalue weighted by Gasteiger charge is 2.39. The van der Waals surface area contributed by atoms with Crippen LogP contribution in [0.1, 0.15) is 21.6 Å². The molecule has 0 radical (unpaired) electrons. The molecule has 0 N–H and O–H groups in total. The van der Waals surface area contributed by atoms with Crippen LogP contribution in [-0.2, 0) is 27.6 Å². The molecule has 0 fully saturated rings. The van der Waals surface area contributed by atoms with Gasteiger partial charge in [0.05, 0.1) is 24.5 Å². The number of alkyl halides is 4. The highest BCUT2D eigenvalue weighted by molar-refractivity contribution is 7.99. The van der Waals surface area contributed by atoms with Gasteiger partial charge in [-0.1, -0.05) is 29.1 Å². The third kappa shape index (κ3) is 5.04. The summed E-state index contributed by atoms with van der Waals surface area (Å²) in [6, 6.07) is 6.23. The maximum Gasteiger partial charge on any atom is 0.435 e. The van der Waals surface area contributed by atoms with Crippen molar-refractivity contribution in [3.63, 3.8) is 0 Å². The SMILES string of the molecule is COC(=O)c1ccccc1Sc1c(/C=N/OC(=O)CCl)c(C(F)(F)F)nn1C. The molecule has 7 nitrogen and oxygen atoms in total. The van der Waals surface area contributed by atoms with Crippen molar-refractivity contribution in [2.75, 3.05) is 13.0 Å². The third-order valence-electron chi connectivity index (χ3n) is 3.24. The predicted octanol–water partition coefficient (Wildman–Crippen LogP) is 3.49. The first-order valence-corrected chi connectivity index (χ1v) is 8.82. The monoisotopic (exact) mass is 435 g/mol. The maximum absolute atomic E-state index is 13.3. The molecule has 12 heteroatoms. The van der Waals surface area contributed by atoms with Gasteiger partial charge in [0, 0.05) is 11.9 Å². The van der Waals surface area contributed by atoms with Crippen molar-refractivity contribution in [1.82, 2.24) is 9.78 Å². The van der Waals surface area contributed by atoms with Crippen LogP contribution in [0.15, 0.2) is 39.3 Å². The molecule has 0 saturated carbocycles. The van der Waals surface area contributed by atoms with E-state index in [1.807, 2.05) is 0 Å². The Bertz CT molecular complexity index is 915. The molecule has 2 aromatic rings. The van der Waals surface area contributed by atoms with E-state index in [0.717, 1.165) is 22.7 Å². The molecular weight excluding hydrogens is 423 g/mol. The van der Waals surface area contributed by atoms with Crippen LogP contribution in [0.2, 0.25) is 0 Å². The molecular formula is C16H13ClF3N3O4S. The van der Waals surface area contributed by atoms with Crippen LogP contribution in [0.3, 0.4) is 0 Å². The molecule has 150 valence electrons. The first-order chi connectivity index (χ1) is 13.2. The second-order valence-corrected chi connectivity index (χ2v) is 6.41. The average Bonchev–Trinajstić information content (AvgIpc) is 2.97. The van der Waals surface area contributed by atoms with Gasteiger partial charge in [-0.25, -0.2) is 9.59 Å². The standard InChI is InChI=1S/C16H13ClF3N3O4S/c1-23-14(28-11-6-4-3-5-9(11)15(25)26-2)10(8-21-27-12(24)7-17)13(22-23)16(18,19)20/h3-6,8H,7H2,1-2H3/b21-8+. The summed E-state index contributed by atoms with van der Waals surface area (Å²) in [4.78, 5) is 27.7. The van der Waals surface area contributed by atoms with Gasteiger partial charge in [0.1, 0.15) is 10.9 Å². The molecule has 0 atom stereocenters. The Balaban J connectivity index is 2.51. The Hall–Kier alpha value is -2.53. The highest BCUT2D eigenvalue weighted by Crippen LogP contribution is 2.38. The fourth-order valence-electron chi connectivity index (χ4n) is 2.07. The summed E-state index contributed by atoms with van der Waals surface area (Å²) in [5.41, 5.74) is -1.48. The molecule has 28 heavy (non-hydrogen) atoms. The molecule has 1 heterocycles. The zero-order valence-electron chi connectivity index (χ0n) is 14.5. The Kier molecular flexibility index (Phi) is 7.08. The van der Waals surface area contributed by atoms with Crippen LogP contribution in [0.5, 0.6) is 0 Å². The van der Waals surface area contributed by atoms with Crippen molar-refractivity contribution >= 4 is 41.5 Å². The zero-order chi connectivity index (χ0) is 20.9. The molecule has 0 unspecified atom stereocenters. The normalized spacial score (nSPS) is 11.6. The summed E-state index contributed by atoms with van der Waals surface area (Å²) >= 11 is 6.10. The van der Waals surface area contributed by atoms with Gasteiger partial charge in [0.2, 0.25) is 0 Å². The lowest BCUT2D eigenvalue weighted by Crippen LogP contribution is -2.09. The average molecular weight is 436 g/mol. The Morgan fingerprint density at radius 2 is 2.04 bits per heavy atom. The molecule has 2 rings (SSSR count). The van der Waals surface area contributed by atoms with E-state index < -0.39 is 35.3 Å². The van der Waals surface area contributed by atoms with Crippen molar-refractivity contribution in [3.05, 3.63) is 41.1 Å². The summed E-state index contributed by atoms with van der Waals surface area (Å²) in [5, 5.41) is 6.77. The minimum Gasteiger partial charge on any atom is -0.465 e. The second-order valence-electron chi connectivity index (χ2n) is 5.11. The summed E-state index contributed by atoms with van der Waals surface area (Å²) in [6.07, 6.45) is -4.06. The Morgan fingerprint density at radius 1 is 1.36 bits per heavy atom. The number of halogens is 4. The van der Waals surface area contributed by atoms with Gasteiger partial charge in [-0.2, -0.15) is 18.3 Å². The van der Waals surface area contributed by atoms with Gasteiger partial charge >= 0.3 is 18.1 Å². The third-order valence-corrected chi connectivity index (χ3v) is 4.71. The lowest BCUT2D eigenvalue weighted by atomic mass is 10.2. The number of hydrogen-bond acceptors (Lipinski definition) is 7. The lowest BCUT2D eigenvalue weighted by molar-refractivity contribution is -0.141. The largest absolute Gasteiger partial charge is 0.465 e. The summed E-state index contributed by atoms with van der Waals surface area (Å²) in [6.45, 7) is 0. The van der Waals surface area contributed by atoms with Gasteiger partial charge in [0.15, 0.2) is 5.69 Å². The Labute approximate surface area is 166 Å². The highest BCUT2D eigenvalue weighted by atomic mass is 35.5. The molecule has 1 aromatic heterocycles. The van der Waals surface area contributed by atoms with Crippen molar-refractivity contribution in [3.8, 4) is 0 Å². The number of aromatic nitrogens is 2.